The van der Waals surface area contributed by atoms with E-state index in [1.165, 1.54) is 22.0 Å². The van der Waals surface area contributed by atoms with Gasteiger partial charge in [0.15, 0.2) is 5.82 Å². The lowest BCUT2D eigenvalue weighted by Crippen LogP contribution is -2.45. The molecule has 1 aromatic heterocycles. The van der Waals surface area contributed by atoms with E-state index in [1.807, 2.05) is 11.9 Å². The number of alkyl halides is 3. The number of aromatic carboxylic acids is 1. The highest BCUT2D eigenvalue weighted by atomic mass is 19.4. The number of benzene rings is 2. The first-order valence-electron chi connectivity index (χ1n) is 11.2. The Bertz CT molecular complexity index is 1430. The van der Waals surface area contributed by atoms with Crippen molar-refractivity contribution in [3.05, 3.63) is 75.1 Å². The fraction of sp³-hybridized carbons (Fsp3) is 0.333. The van der Waals surface area contributed by atoms with Gasteiger partial charge in [0, 0.05) is 32.4 Å². The van der Waals surface area contributed by atoms with E-state index in [9.17, 15) is 27.9 Å². The fourth-order valence-electron chi connectivity index (χ4n) is 4.63. The maximum atomic E-state index is 15.9. The largest absolute Gasteiger partial charge is 0.477 e. The number of nitrogens with zero attached hydrogens (tertiary/aromatic N) is 4. The van der Waals surface area contributed by atoms with Crippen molar-refractivity contribution in [3.63, 3.8) is 0 Å². The van der Waals surface area contributed by atoms with Gasteiger partial charge in [-0.2, -0.15) is 13.2 Å². The third kappa shape index (κ3) is 4.04. The number of carbonyl (C=O) groups is 1. The summed E-state index contributed by atoms with van der Waals surface area (Å²) in [7, 11) is 1.88. The molecular formula is C24H21F5N4O3. The predicted molar refractivity (Wildman–Crippen MR) is 122 cm³/mol. The topological polar surface area (TPSA) is 68.8 Å². The molecule has 2 fully saturated rings. The van der Waals surface area contributed by atoms with Crippen LogP contribution >= 0.6 is 0 Å². The van der Waals surface area contributed by atoms with Crippen LogP contribution in [0, 0.1) is 11.6 Å². The summed E-state index contributed by atoms with van der Waals surface area (Å²) < 4.78 is 71.7. The van der Waals surface area contributed by atoms with Crippen LogP contribution < -0.4 is 15.3 Å². The van der Waals surface area contributed by atoms with E-state index in [4.69, 9.17) is 0 Å². The van der Waals surface area contributed by atoms with Crippen molar-refractivity contribution in [2.75, 3.05) is 49.7 Å². The second kappa shape index (κ2) is 8.47. The number of rotatable bonds is 4. The minimum Gasteiger partial charge on any atom is -0.477 e. The summed E-state index contributed by atoms with van der Waals surface area (Å²) in [5, 5.41) is 10.5. The number of anilines is 1. The third-order valence-corrected chi connectivity index (χ3v) is 6.65. The Morgan fingerprint density at radius 2 is 1.78 bits per heavy atom. The van der Waals surface area contributed by atoms with Gasteiger partial charge in [-0.25, -0.2) is 13.6 Å². The third-order valence-electron chi connectivity index (χ3n) is 6.65. The molecule has 190 valence electrons. The van der Waals surface area contributed by atoms with Gasteiger partial charge in [0.25, 0.3) is 0 Å². The second-order valence-electron chi connectivity index (χ2n) is 8.99. The SMILES string of the molecule is CN1CCN(c2c(F)cc3c(=O)c(C(=O)O)cn(N4CC4c4cccc(C(F)(F)F)c4)c3c2F)CC1. The van der Waals surface area contributed by atoms with E-state index < -0.39 is 51.8 Å². The van der Waals surface area contributed by atoms with Crippen LogP contribution in [-0.4, -0.2) is 60.4 Å². The molecule has 36 heavy (non-hydrogen) atoms. The van der Waals surface area contributed by atoms with Crippen LogP contribution in [0.2, 0.25) is 0 Å². The van der Waals surface area contributed by atoms with Gasteiger partial charge >= 0.3 is 12.1 Å². The van der Waals surface area contributed by atoms with Gasteiger partial charge in [-0.05, 0) is 30.8 Å². The molecule has 12 heteroatoms. The number of fused-ring (bicyclic) bond motifs is 1. The normalized spacial score (nSPS) is 18.7. The molecule has 2 aliphatic rings. The van der Waals surface area contributed by atoms with E-state index in [0.717, 1.165) is 29.1 Å². The smallest absolute Gasteiger partial charge is 0.416 e. The molecular weight excluding hydrogens is 487 g/mol. The highest BCUT2D eigenvalue weighted by molar-refractivity contribution is 5.94. The first kappa shape index (κ1) is 24.0. The van der Waals surface area contributed by atoms with Gasteiger partial charge in [-0.15, -0.1) is 0 Å². The van der Waals surface area contributed by atoms with Crippen LogP contribution in [0.1, 0.15) is 27.5 Å². The highest BCUT2D eigenvalue weighted by Gasteiger charge is 2.40. The summed E-state index contributed by atoms with van der Waals surface area (Å²) in [5.74, 6) is -3.61. The van der Waals surface area contributed by atoms with Crippen molar-refractivity contribution in [1.29, 1.82) is 0 Å². The summed E-state index contributed by atoms with van der Waals surface area (Å²) in [4.78, 5) is 28.1. The number of hydrogen-bond acceptors (Lipinski definition) is 5. The molecule has 1 N–H and O–H groups in total. The first-order chi connectivity index (χ1) is 17.0. The maximum absolute atomic E-state index is 15.9. The molecule has 0 amide bonds. The number of likely N-dealkylation sites (N-methyl/N-ethyl adjacent to an activating group) is 1. The Kier molecular flexibility index (Phi) is 5.66. The summed E-state index contributed by atoms with van der Waals surface area (Å²) in [6.45, 7) is 1.93. The van der Waals surface area contributed by atoms with Gasteiger partial charge in [-0.1, -0.05) is 12.1 Å². The van der Waals surface area contributed by atoms with Crippen molar-refractivity contribution < 1.29 is 31.9 Å². The first-order valence-corrected chi connectivity index (χ1v) is 11.2. The molecule has 2 aromatic carbocycles. The minimum absolute atomic E-state index is 0.138. The average molecular weight is 508 g/mol. The summed E-state index contributed by atoms with van der Waals surface area (Å²) in [6.07, 6.45) is -3.62. The van der Waals surface area contributed by atoms with Crippen molar-refractivity contribution in [3.8, 4) is 0 Å². The molecule has 2 saturated heterocycles. The molecule has 2 aliphatic heterocycles. The molecule has 0 radical (unpaired) electrons. The molecule has 5 rings (SSSR count). The van der Waals surface area contributed by atoms with Gasteiger partial charge in [0.2, 0.25) is 5.43 Å². The number of hydrogen-bond donors (Lipinski definition) is 1. The zero-order valence-corrected chi connectivity index (χ0v) is 19.0. The van der Waals surface area contributed by atoms with E-state index in [0.29, 0.717) is 26.2 Å². The standard InChI is InChI=1S/C24H21F5N4O3/c1-30-5-7-31(8-6-30)21-17(25)10-15-20(19(21)26)33(11-16(22(15)34)23(35)36)32-12-18(32)13-3-2-4-14(9-13)24(27,28)29/h2-4,9-11,18H,5-8,12H2,1H3,(H,35,36). The van der Waals surface area contributed by atoms with Crippen molar-refractivity contribution in [2.45, 2.75) is 12.2 Å². The van der Waals surface area contributed by atoms with Crippen LogP contribution in [0.15, 0.2) is 41.3 Å². The van der Waals surface area contributed by atoms with Gasteiger partial charge in [0.05, 0.1) is 23.5 Å². The highest BCUT2D eigenvalue weighted by Crippen LogP contribution is 2.39. The number of halogens is 5. The van der Waals surface area contributed by atoms with Crippen molar-refractivity contribution >= 4 is 22.6 Å². The van der Waals surface area contributed by atoms with E-state index in [2.05, 4.69) is 0 Å². The predicted octanol–water partition coefficient (Wildman–Crippen LogP) is 3.44. The summed E-state index contributed by atoms with van der Waals surface area (Å²) >= 11 is 0. The lowest BCUT2D eigenvalue weighted by atomic mass is 10.1. The molecule has 7 nitrogen and oxygen atoms in total. The van der Waals surface area contributed by atoms with Gasteiger partial charge < -0.3 is 19.9 Å². The van der Waals surface area contributed by atoms with E-state index in [1.54, 1.807) is 0 Å². The van der Waals surface area contributed by atoms with Crippen LogP contribution in [0.5, 0.6) is 0 Å². The number of pyridine rings is 1. The van der Waals surface area contributed by atoms with Gasteiger partial charge in [0.1, 0.15) is 22.6 Å². The Labute approximate surface area is 201 Å². The lowest BCUT2D eigenvalue weighted by Gasteiger charge is -2.34. The second-order valence-corrected chi connectivity index (χ2v) is 8.99. The van der Waals surface area contributed by atoms with Crippen molar-refractivity contribution in [1.82, 2.24) is 9.58 Å². The van der Waals surface area contributed by atoms with Crippen molar-refractivity contribution in [2.24, 2.45) is 0 Å². The molecule has 0 spiro atoms. The zero-order valence-electron chi connectivity index (χ0n) is 19.0. The Morgan fingerprint density at radius 1 is 1.08 bits per heavy atom. The van der Waals surface area contributed by atoms with Crippen LogP contribution in [0.25, 0.3) is 10.9 Å². The molecule has 0 aliphatic carbocycles. The molecule has 0 saturated carbocycles. The molecule has 1 atom stereocenters. The van der Waals surface area contributed by atoms with E-state index in [-0.39, 0.29) is 23.3 Å². The zero-order chi connectivity index (χ0) is 25.9. The lowest BCUT2D eigenvalue weighted by molar-refractivity contribution is -0.137. The number of aromatic nitrogens is 1. The van der Waals surface area contributed by atoms with E-state index >= 15 is 8.78 Å². The van der Waals surface area contributed by atoms with Crippen LogP contribution in [0.3, 0.4) is 0 Å². The minimum atomic E-state index is -4.56. The summed E-state index contributed by atoms with van der Waals surface area (Å²) in [5.41, 5.74) is -2.97. The van der Waals surface area contributed by atoms with Crippen LogP contribution in [-0.2, 0) is 6.18 Å². The molecule has 1 unspecified atom stereocenters. The quantitative estimate of drug-likeness (QED) is 0.430. The molecule has 0 bridgehead atoms. The Morgan fingerprint density at radius 3 is 2.42 bits per heavy atom. The maximum Gasteiger partial charge on any atom is 0.416 e. The number of carboxylic acids is 1. The number of carboxylic acid groups (broad SMARTS) is 1. The number of piperazine rings is 1. The molecule has 3 aromatic rings. The van der Waals surface area contributed by atoms with Gasteiger partial charge in [-0.3, -0.25) is 9.47 Å². The molecule has 3 heterocycles. The fourth-order valence-corrected chi connectivity index (χ4v) is 4.63. The average Bonchev–Trinajstić information content (AvgIpc) is 3.61. The monoisotopic (exact) mass is 508 g/mol. The van der Waals surface area contributed by atoms with Crippen LogP contribution in [0.4, 0.5) is 27.6 Å². The Balaban J connectivity index is 1.65. The Hall–Kier alpha value is -3.67. The summed E-state index contributed by atoms with van der Waals surface area (Å²) in [6, 6.07) is 4.84.